The van der Waals surface area contributed by atoms with Crippen LogP contribution in [-0.4, -0.2) is 60.5 Å². The Balaban J connectivity index is 2.00. The zero-order valence-corrected chi connectivity index (χ0v) is 11.9. The van der Waals surface area contributed by atoms with Crippen LogP contribution < -0.4 is 0 Å². The van der Waals surface area contributed by atoms with E-state index in [0.29, 0.717) is 6.54 Å². The van der Waals surface area contributed by atoms with Crippen LogP contribution in [0.4, 0.5) is 0 Å². The highest BCUT2D eigenvalue weighted by atomic mass is 16.5. The number of ether oxygens (including phenoxy) is 1. The summed E-state index contributed by atoms with van der Waals surface area (Å²) >= 11 is 0. The summed E-state index contributed by atoms with van der Waals surface area (Å²) in [5, 5.41) is 0. The summed E-state index contributed by atoms with van der Waals surface area (Å²) < 4.78 is 5.56. The molecule has 5 nitrogen and oxygen atoms in total. The number of likely N-dealkylation sites (N-methyl/N-ethyl adjacent to an activating group) is 1. The zero-order valence-electron chi connectivity index (χ0n) is 11.9. The van der Waals surface area contributed by atoms with Gasteiger partial charge in [-0.15, -0.1) is 0 Å². The van der Waals surface area contributed by atoms with E-state index in [1.165, 1.54) is 0 Å². The molecular formula is C14H24N2O3. The second-order valence-corrected chi connectivity index (χ2v) is 5.41. The number of carbonyl (C=O) groups excluding carboxylic acids is 2. The fourth-order valence-electron chi connectivity index (χ4n) is 2.92. The Kier molecular flexibility index (Phi) is 4.80. The summed E-state index contributed by atoms with van der Waals surface area (Å²) in [5.74, 6) is 0.0889. The molecule has 0 bridgehead atoms. The van der Waals surface area contributed by atoms with Gasteiger partial charge in [0.15, 0.2) is 0 Å². The van der Waals surface area contributed by atoms with Gasteiger partial charge in [-0.1, -0.05) is 0 Å². The number of hydrogen-bond donors (Lipinski definition) is 0. The van der Waals surface area contributed by atoms with Crippen LogP contribution in [0.3, 0.4) is 0 Å². The van der Waals surface area contributed by atoms with Gasteiger partial charge in [-0.3, -0.25) is 9.59 Å². The van der Waals surface area contributed by atoms with Crippen LogP contribution in [0.25, 0.3) is 0 Å². The number of hydrogen-bond acceptors (Lipinski definition) is 3. The van der Waals surface area contributed by atoms with Crippen LogP contribution in [0.15, 0.2) is 0 Å². The number of nitrogens with zero attached hydrogens (tertiary/aromatic N) is 2. The largest absolute Gasteiger partial charge is 0.378 e. The van der Waals surface area contributed by atoms with E-state index in [0.717, 1.165) is 39.0 Å². The first-order valence-electron chi connectivity index (χ1n) is 7.31. The minimum atomic E-state index is -0.0743. The van der Waals surface area contributed by atoms with E-state index in [1.807, 2.05) is 18.7 Å². The molecule has 2 aliphatic heterocycles. The van der Waals surface area contributed by atoms with Gasteiger partial charge in [-0.2, -0.15) is 0 Å². The lowest BCUT2D eigenvalue weighted by Gasteiger charge is -2.32. The Morgan fingerprint density at radius 3 is 2.84 bits per heavy atom. The van der Waals surface area contributed by atoms with Crippen molar-refractivity contribution in [2.45, 2.75) is 39.2 Å². The second-order valence-electron chi connectivity index (χ2n) is 5.41. The van der Waals surface area contributed by atoms with Gasteiger partial charge >= 0.3 is 0 Å². The fraction of sp³-hybridized carbons (Fsp3) is 0.857. The molecule has 0 aromatic heterocycles. The lowest BCUT2D eigenvalue weighted by molar-refractivity contribution is -0.147. The molecule has 0 N–H and O–H groups in total. The highest BCUT2D eigenvalue weighted by molar-refractivity contribution is 5.86. The molecular weight excluding hydrogens is 244 g/mol. The van der Waals surface area contributed by atoms with Crippen LogP contribution in [0, 0.1) is 5.92 Å². The molecule has 2 atom stereocenters. The Morgan fingerprint density at radius 1 is 1.37 bits per heavy atom. The van der Waals surface area contributed by atoms with Gasteiger partial charge in [0.25, 0.3) is 0 Å². The van der Waals surface area contributed by atoms with Gasteiger partial charge in [0.05, 0.1) is 18.6 Å². The Labute approximate surface area is 114 Å². The number of carbonyl (C=O) groups is 2. The van der Waals surface area contributed by atoms with Crippen molar-refractivity contribution in [3.8, 4) is 0 Å². The monoisotopic (exact) mass is 268 g/mol. The Hall–Kier alpha value is -1.10. The summed E-state index contributed by atoms with van der Waals surface area (Å²) in [6, 6.07) is 0. The minimum Gasteiger partial charge on any atom is -0.378 e. The van der Waals surface area contributed by atoms with Gasteiger partial charge in [0, 0.05) is 26.2 Å². The van der Waals surface area contributed by atoms with Crippen LogP contribution in [0.1, 0.15) is 33.1 Å². The van der Waals surface area contributed by atoms with Crippen LogP contribution in [0.2, 0.25) is 0 Å². The van der Waals surface area contributed by atoms with Gasteiger partial charge in [-0.05, 0) is 33.1 Å². The van der Waals surface area contributed by atoms with E-state index in [4.69, 9.17) is 4.74 Å². The first kappa shape index (κ1) is 14.3. The first-order valence-corrected chi connectivity index (χ1v) is 7.31. The maximum Gasteiger partial charge on any atom is 0.242 e. The fourth-order valence-corrected chi connectivity index (χ4v) is 2.92. The molecule has 0 aliphatic carbocycles. The minimum absolute atomic E-state index is 0.0260. The van der Waals surface area contributed by atoms with Crippen molar-refractivity contribution in [1.82, 2.24) is 9.80 Å². The average molecular weight is 268 g/mol. The molecule has 5 heteroatoms. The average Bonchev–Trinajstić information content (AvgIpc) is 2.60. The third kappa shape index (κ3) is 3.26. The predicted octanol–water partition coefficient (Wildman–Crippen LogP) is 0.882. The second kappa shape index (κ2) is 6.37. The van der Waals surface area contributed by atoms with Crippen LogP contribution in [-0.2, 0) is 14.3 Å². The smallest absolute Gasteiger partial charge is 0.242 e. The van der Waals surface area contributed by atoms with Gasteiger partial charge in [0.1, 0.15) is 0 Å². The molecule has 0 radical (unpaired) electrons. The summed E-state index contributed by atoms with van der Waals surface area (Å²) in [4.78, 5) is 28.1. The van der Waals surface area contributed by atoms with Crippen LogP contribution in [0.5, 0.6) is 0 Å². The van der Waals surface area contributed by atoms with Gasteiger partial charge in [0.2, 0.25) is 11.8 Å². The lowest BCUT2D eigenvalue weighted by Crippen LogP contribution is -2.45. The van der Waals surface area contributed by atoms with E-state index in [1.54, 1.807) is 4.90 Å². The highest BCUT2D eigenvalue weighted by Crippen LogP contribution is 2.23. The molecule has 19 heavy (non-hydrogen) atoms. The SMILES string of the molecule is CCN1CCCN(C(=O)[C@@H]2CCCO[C@H]2C)CC1=O. The quantitative estimate of drug-likeness (QED) is 0.747. The summed E-state index contributed by atoms with van der Waals surface area (Å²) in [6.45, 7) is 7.08. The molecule has 0 aromatic carbocycles. The summed E-state index contributed by atoms with van der Waals surface area (Å²) in [7, 11) is 0. The van der Waals surface area contributed by atoms with E-state index < -0.39 is 0 Å². The van der Waals surface area contributed by atoms with E-state index in [9.17, 15) is 9.59 Å². The maximum atomic E-state index is 12.5. The lowest BCUT2D eigenvalue weighted by atomic mass is 9.94. The van der Waals surface area contributed by atoms with Gasteiger partial charge < -0.3 is 14.5 Å². The van der Waals surface area contributed by atoms with E-state index >= 15 is 0 Å². The zero-order chi connectivity index (χ0) is 13.8. The third-order valence-corrected chi connectivity index (χ3v) is 4.15. The molecule has 2 saturated heterocycles. The molecule has 0 saturated carbocycles. The third-order valence-electron chi connectivity index (χ3n) is 4.15. The Morgan fingerprint density at radius 2 is 2.16 bits per heavy atom. The van der Waals surface area contributed by atoms with Crippen molar-refractivity contribution in [3.05, 3.63) is 0 Å². The van der Waals surface area contributed by atoms with Crippen molar-refractivity contribution in [3.63, 3.8) is 0 Å². The molecule has 2 heterocycles. The maximum absolute atomic E-state index is 12.5. The normalized spacial score (nSPS) is 29.3. The van der Waals surface area contributed by atoms with Crippen molar-refractivity contribution >= 4 is 11.8 Å². The predicted molar refractivity (Wildman–Crippen MR) is 71.6 cm³/mol. The first-order chi connectivity index (χ1) is 9.13. The summed E-state index contributed by atoms with van der Waals surface area (Å²) in [5.41, 5.74) is 0. The molecule has 0 aromatic rings. The molecule has 2 rings (SSSR count). The van der Waals surface area contributed by atoms with Gasteiger partial charge in [-0.25, -0.2) is 0 Å². The topological polar surface area (TPSA) is 49.9 Å². The molecule has 0 spiro atoms. The van der Waals surface area contributed by atoms with Crippen molar-refractivity contribution in [2.24, 2.45) is 5.92 Å². The number of rotatable bonds is 2. The van der Waals surface area contributed by atoms with E-state index in [2.05, 4.69) is 0 Å². The highest BCUT2D eigenvalue weighted by Gasteiger charge is 2.34. The number of amides is 2. The standard InChI is InChI=1S/C14H24N2O3/c1-3-15-7-5-8-16(10-13(15)17)14(18)12-6-4-9-19-11(12)2/h11-12H,3-10H2,1-2H3/t11-,12+/m0/s1. The van der Waals surface area contributed by atoms with Crippen molar-refractivity contribution in [1.29, 1.82) is 0 Å². The molecule has 0 unspecified atom stereocenters. The Bertz CT molecular complexity index is 346. The molecule has 2 amide bonds. The summed E-state index contributed by atoms with van der Waals surface area (Å²) in [6.07, 6.45) is 2.65. The molecule has 2 fully saturated rings. The van der Waals surface area contributed by atoms with Crippen LogP contribution >= 0.6 is 0 Å². The van der Waals surface area contributed by atoms with Crippen molar-refractivity contribution < 1.29 is 14.3 Å². The van der Waals surface area contributed by atoms with Crippen molar-refractivity contribution in [2.75, 3.05) is 32.8 Å². The molecule has 108 valence electrons. The van der Waals surface area contributed by atoms with E-state index in [-0.39, 0.29) is 30.4 Å². The molecule has 2 aliphatic rings.